The monoisotopic (exact) mass is 452 g/mol. The van der Waals surface area contributed by atoms with E-state index in [9.17, 15) is 13.2 Å². The van der Waals surface area contributed by atoms with Crippen molar-refractivity contribution in [3.05, 3.63) is 58.6 Å². The van der Waals surface area contributed by atoms with E-state index in [4.69, 9.17) is 4.74 Å². The van der Waals surface area contributed by atoms with Crippen LogP contribution in [-0.4, -0.2) is 45.5 Å². The Hall–Kier alpha value is -1.90. The molecule has 0 radical (unpaired) electrons. The number of carbonyl (C=O) groups is 1. The largest absolute Gasteiger partial charge is 0.457 e. The topological polar surface area (TPSA) is 75.7 Å². The van der Waals surface area contributed by atoms with E-state index in [0.717, 1.165) is 23.9 Å². The molecule has 1 aliphatic rings. The van der Waals surface area contributed by atoms with Gasteiger partial charge < -0.3 is 9.64 Å². The molecule has 0 saturated carbocycles. The van der Waals surface area contributed by atoms with E-state index in [0.29, 0.717) is 12.2 Å². The number of nitrogens with one attached hydrogen (secondary N) is 1. The van der Waals surface area contributed by atoms with Crippen molar-refractivity contribution in [2.45, 2.75) is 23.8 Å². The second-order valence-electron chi connectivity index (χ2n) is 6.57. The number of hydrogen-bond acceptors (Lipinski definition) is 5. The van der Waals surface area contributed by atoms with Gasteiger partial charge in [0.2, 0.25) is 0 Å². The van der Waals surface area contributed by atoms with Crippen LogP contribution in [0, 0.1) is 0 Å². The molecule has 144 valence electrons. The molecule has 0 spiro atoms. The van der Waals surface area contributed by atoms with Gasteiger partial charge in [-0.2, -0.15) is 0 Å². The molecular formula is C19H21BrN2O4S. The van der Waals surface area contributed by atoms with Gasteiger partial charge in [-0.05, 0) is 68.9 Å². The number of hydrogen-bond donors (Lipinski definition) is 1. The van der Waals surface area contributed by atoms with E-state index < -0.39 is 16.0 Å². The fourth-order valence-corrected chi connectivity index (χ4v) is 4.33. The molecule has 0 aromatic heterocycles. The summed E-state index contributed by atoms with van der Waals surface area (Å²) < 4.78 is 34.1. The number of likely N-dealkylation sites (N-methyl/N-ethyl adjacent to an activating group) is 1. The van der Waals surface area contributed by atoms with Gasteiger partial charge in [0, 0.05) is 16.7 Å². The maximum absolute atomic E-state index is 12.6. The fourth-order valence-electron chi connectivity index (χ4n) is 2.96. The number of halogens is 1. The Morgan fingerprint density at radius 1 is 1.22 bits per heavy atom. The highest BCUT2D eigenvalue weighted by Gasteiger charge is 2.23. The van der Waals surface area contributed by atoms with Crippen molar-refractivity contribution >= 4 is 37.6 Å². The molecule has 3 rings (SSSR count). The van der Waals surface area contributed by atoms with Crippen molar-refractivity contribution in [3.8, 4) is 0 Å². The summed E-state index contributed by atoms with van der Waals surface area (Å²) in [6, 6.07) is 12.7. The number of likely N-dealkylation sites (tertiary alicyclic amines) is 1. The second kappa shape index (κ2) is 8.41. The molecule has 8 heteroatoms. The van der Waals surface area contributed by atoms with Crippen LogP contribution in [0.2, 0.25) is 0 Å². The van der Waals surface area contributed by atoms with Gasteiger partial charge in [0.25, 0.3) is 10.0 Å². The van der Waals surface area contributed by atoms with Crippen LogP contribution >= 0.6 is 15.9 Å². The van der Waals surface area contributed by atoms with Crippen LogP contribution in [-0.2, 0) is 14.8 Å². The third kappa shape index (κ3) is 5.31. The number of piperidine rings is 1. The van der Waals surface area contributed by atoms with Crippen molar-refractivity contribution in [1.29, 1.82) is 0 Å². The smallest absolute Gasteiger partial charge is 0.338 e. The average Bonchev–Trinajstić information content (AvgIpc) is 2.63. The minimum absolute atomic E-state index is 0.0145. The van der Waals surface area contributed by atoms with Gasteiger partial charge >= 0.3 is 5.97 Å². The first-order valence-electron chi connectivity index (χ1n) is 8.61. The van der Waals surface area contributed by atoms with Gasteiger partial charge in [-0.1, -0.05) is 22.0 Å². The van der Waals surface area contributed by atoms with Crippen LogP contribution in [0.5, 0.6) is 0 Å². The Bertz CT molecular complexity index is 916. The first kappa shape index (κ1) is 19.9. The van der Waals surface area contributed by atoms with Crippen molar-refractivity contribution in [2.24, 2.45) is 0 Å². The van der Waals surface area contributed by atoms with Gasteiger partial charge in [0.1, 0.15) is 6.10 Å². The van der Waals surface area contributed by atoms with Crippen LogP contribution in [0.3, 0.4) is 0 Å². The molecule has 0 amide bonds. The lowest BCUT2D eigenvalue weighted by molar-refractivity contribution is 0.0108. The summed E-state index contributed by atoms with van der Waals surface area (Å²) in [5.41, 5.74) is 0.665. The summed E-state index contributed by atoms with van der Waals surface area (Å²) in [4.78, 5) is 14.6. The number of benzene rings is 2. The van der Waals surface area contributed by atoms with Gasteiger partial charge in [0.15, 0.2) is 0 Å². The second-order valence-corrected chi connectivity index (χ2v) is 9.17. The molecule has 2 aromatic carbocycles. The van der Waals surface area contributed by atoms with E-state index in [1.165, 1.54) is 12.1 Å². The van der Waals surface area contributed by atoms with Crippen molar-refractivity contribution in [3.63, 3.8) is 0 Å². The summed E-state index contributed by atoms with van der Waals surface area (Å²) in [6.07, 6.45) is 1.62. The molecule has 2 aromatic rings. The summed E-state index contributed by atoms with van der Waals surface area (Å²) in [6.45, 7) is 1.68. The number of nitrogens with zero attached hydrogens (tertiary/aromatic N) is 1. The van der Waals surface area contributed by atoms with Crippen LogP contribution in [0.1, 0.15) is 23.2 Å². The minimum atomic E-state index is -3.81. The fraction of sp³-hybridized carbons (Fsp3) is 0.316. The predicted molar refractivity (Wildman–Crippen MR) is 107 cm³/mol. The van der Waals surface area contributed by atoms with Crippen molar-refractivity contribution < 1.29 is 17.9 Å². The number of rotatable bonds is 5. The molecule has 1 heterocycles. The quantitative estimate of drug-likeness (QED) is 0.702. The number of anilines is 1. The number of sulfonamides is 1. The highest BCUT2D eigenvalue weighted by molar-refractivity contribution is 9.10. The Kier molecular flexibility index (Phi) is 6.18. The Morgan fingerprint density at radius 2 is 1.96 bits per heavy atom. The van der Waals surface area contributed by atoms with Crippen molar-refractivity contribution in [2.75, 3.05) is 24.9 Å². The third-order valence-electron chi connectivity index (χ3n) is 4.33. The van der Waals surface area contributed by atoms with Crippen LogP contribution < -0.4 is 4.72 Å². The van der Waals surface area contributed by atoms with Gasteiger partial charge in [-0.25, -0.2) is 13.2 Å². The molecule has 1 aliphatic heterocycles. The first-order valence-corrected chi connectivity index (χ1v) is 10.9. The zero-order chi connectivity index (χ0) is 19.4. The van der Waals surface area contributed by atoms with Crippen molar-refractivity contribution in [1.82, 2.24) is 4.90 Å². The molecule has 1 N–H and O–H groups in total. The molecule has 1 atom stereocenters. The average molecular weight is 453 g/mol. The van der Waals surface area contributed by atoms with Crippen LogP contribution in [0.4, 0.5) is 5.69 Å². The number of carbonyl (C=O) groups excluding carboxylic acids is 1. The lowest BCUT2D eigenvalue weighted by atomic mass is 10.1. The van der Waals surface area contributed by atoms with Gasteiger partial charge in [-0.3, -0.25) is 4.72 Å². The molecule has 0 aliphatic carbocycles. The number of esters is 1. The van der Waals surface area contributed by atoms with Crippen LogP contribution in [0.25, 0.3) is 0 Å². The molecule has 1 saturated heterocycles. The van der Waals surface area contributed by atoms with E-state index in [-0.39, 0.29) is 16.6 Å². The highest BCUT2D eigenvalue weighted by Crippen LogP contribution is 2.20. The van der Waals surface area contributed by atoms with Gasteiger partial charge in [-0.15, -0.1) is 0 Å². The zero-order valence-corrected chi connectivity index (χ0v) is 17.3. The Labute approximate surface area is 167 Å². The molecule has 0 unspecified atom stereocenters. The van der Waals surface area contributed by atoms with E-state index in [2.05, 4.69) is 25.6 Å². The lowest BCUT2D eigenvalue weighted by Gasteiger charge is -2.29. The third-order valence-corrected chi connectivity index (χ3v) is 6.24. The number of ether oxygens (including phenoxy) is 1. The summed E-state index contributed by atoms with van der Waals surface area (Å²) in [7, 11) is -1.82. The zero-order valence-electron chi connectivity index (χ0n) is 14.9. The molecule has 6 nitrogen and oxygen atoms in total. The van der Waals surface area contributed by atoms with E-state index in [1.807, 2.05) is 7.05 Å². The minimum Gasteiger partial charge on any atom is -0.457 e. The maximum Gasteiger partial charge on any atom is 0.338 e. The summed E-state index contributed by atoms with van der Waals surface area (Å²) in [5.74, 6) is -0.504. The Balaban J connectivity index is 1.73. The highest BCUT2D eigenvalue weighted by atomic mass is 79.9. The van der Waals surface area contributed by atoms with Crippen LogP contribution in [0.15, 0.2) is 57.9 Å². The molecule has 1 fully saturated rings. The lowest BCUT2D eigenvalue weighted by Crippen LogP contribution is -2.38. The van der Waals surface area contributed by atoms with E-state index >= 15 is 0 Å². The standard InChI is InChI=1S/C19H21BrN2O4S/c1-22-11-3-5-17(13-22)26-19(23)14-4-2-6-18(12-14)27(24,25)21-16-9-7-15(20)8-10-16/h2,4,6-10,12,17,21H,3,5,11,13H2,1H3/t17-/m0/s1. The maximum atomic E-state index is 12.6. The molecule has 27 heavy (non-hydrogen) atoms. The summed E-state index contributed by atoms with van der Waals surface area (Å²) in [5, 5.41) is 0. The first-order chi connectivity index (χ1) is 12.8. The van der Waals surface area contributed by atoms with E-state index in [1.54, 1.807) is 36.4 Å². The predicted octanol–water partition coefficient (Wildman–Crippen LogP) is 3.50. The normalized spacial score (nSPS) is 18.1. The molecular weight excluding hydrogens is 432 g/mol. The van der Waals surface area contributed by atoms with Gasteiger partial charge in [0.05, 0.1) is 10.5 Å². The Morgan fingerprint density at radius 3 is 2.67 bits per heavy atom. The SMILES string of the molecule is CN1CCC[C@H](OC(=O)c2cccc(S(=O)(=O)Nc3ccc(Br)cc3)c2)C1. The molecule has 0 bridgehead atoms. The summed E-state index contributed by atoms with van der Waals surface area (Å²) >= 11 is 3.31.